The maximum Gasteiger partial charge on any atom is 0.414 e. The summed E-state index contributed by atoms with van der Waals surface area (Å²) in [6, 6.07) is 16.7. The summed E-state index contributed by atoms with van der Waals surface area (Å²) in [7, 11) is 3.82. The van der Waals surface area contributed by atoms with E-state index in [2.05, 4.69) is 0 Å². The molecule has 1 amide bonds. The second kappa shape index (κ2) is 12.0. The van der Waals surface area contributed by atoms with Crippen LogP contribution in [-0.4, -0.2) is 55.6 Å². The van der Waals surface area contributed by atoms with Crippen molar-refractivity contribution in [2.45, 2.75) is 27.7 Å². The van der Waals surface area contributed by atoms with Gasteiger partial charge in [0.25, 0.3) is 0 Å². The first kappa shape index (κ1) is 29.6. The zero-order valence-corrected chi connectivity index (χ0v) is 25.1. The first-order valence-electron chi connectivity index (χ1n) is 13.0. The molecule has 0 saturated heterocycles. The SMILES string of the molecule is CCOC(=O)N(CCN(C)C)c1c(C(=O)C(C)(C)C)oc2nc(-c3ccccc3Cl)c(-c3ccc(Cl)cc3)cc12. The van der Waals surface area contributed by atoms with Crippen molar-refractivity contribution in [3.63, 3.8) is 0 Å². The maximum absolute atomic E-state index is 13.7. The molecule has 40 heavy (non-hydrogen) atoms. The standard InChI is InChI=1S/C31H33Cl2N3O4/c1-7-39-30(38)36(17-16-35(5)6)26-23-18-22(19-12-14-20(32)15-13-19)25(21-10-8-9-11-24(21)33)34-29(23)40-27(26)28(37)31(2,3)4/h8-15,18H,7,16-17H2,1-6H3. The molecule has 0 bridgehead atoms. The van der Waals surface area contributed by atoms with Crippen molar-refractivity contribution in [2.24, 2.45) is 5.41 Å². The van der Waals surface area contributed by atoms with Gasteiger partial charge in [0.15, 0.2) is 5.76 Å². The summed E-state index contributed by atoms with van der Waals surface area (Å²) in [5, 5.41) is 1.62. The van der Waals surface area contributed by atoms with E-state index in [9.17, 15) is 9.59 Å². The highest BCUT2D eigenvalue weighted by Gasteiger charge is 2.35. The number of halogens is 2. The monoisotopic (exact) mass is 581 g/mol. The van der Waals surface area contributed by atoms with E-state index in [1.54, 1.807) is 25.1 Å². The Morgan fingerprint density at radius 2 is 1.65 bits per heavy atom. The molecule has 0 unspecified atom stereocenters. The average Bonchev–Trinajstić information content (AvgIpc) is 3.26. The molecule has 4 rings (SSSR count). The number of amides is 1. The van der Waals surface area contributed by atoms with Gasteiger partial charge in [0.1, 0.15) is 5.69 Å². The number of hydrogen-bond acceptors (Lipinski definition) is 6. The number of rotatable bonds is 8. The van der Waals surface area contributed by atoms with Gasteiger partial charge in [0.2, 0.25) is 11.5 Å². The predicted octanol–water partition coefficient (Wildman–Crippen LogP) is 8.22. The summed E-state index contributed by atoms with van der Waals surface area (Å²) in [6.07, 6.45) is -0.571. The molecule has 0 spiro atoms. The number of benzene rings is 2. The first-order valence-corrected chi connectivity index (χ1v) is 13.8. The second-order valence-electron chi connectivity index (χ2n) is 10.7. The molecule has 2 heterocycles. The van der Waals surface area contributed by atoms with Crippen LogP contribution < -0.4 is 4.90 Å². The average molecular weight is 583 g/mol. The van der Waals surface area contributed by atoms with Gasteiger partial charge in [0.05, 0.1) is 17.7 Å². The van der Waals surface area contributed by atoms with Crippen LogP contribution in [0.25, 0.3) is 33.5 Å². The van der Waals surface area contributed by atoms with Gasteiger partial charge >= 0.3 is 6.09 Å². The van der Waals surface area contributed by atoms with Crippen LogP contribution in [0.5, 0.6) is 0 Å². The van der Waals surface area contributed by atoms with E-state index in [0.717, 1.165) is 11.1 Å². The third-order valence-corrected chi connectivity index (χ3v) is 6.94. The summed E-state index contributed by atoms with van der Waals surface area (Å²) in [5.74, 6) is -0.202. The summed E-state index contributed by atoms with van der Waals surface area (Å²) >= 11 is 12.8. The summed E-state index contributed by atoms with van der Waals surface area (Å²) < 4.78 is 11.7. The molecule has 4 aromatic rings. The molecular weight excluding hydrogens is 549 g/mol. The fourth-order valence-corrected chi connectivity index (χ4v) is 4.63. The van der Waals surface area contributed by atoms with Crippen molar-refractivity contribution in [1.82, 2.24) is 9.88 Å². The van der Waals surface area contributed by atoms with Gasteiger partial charge in [-0.1, -0.05) is 74.3 Å². The van der Waals surface area contributed by atoms with Gasteiger partial charge in [-0.05, 0) is 50.8 Å². The highest BCUT2D eigenvalue weighted by molar-refractivity contribution is 6.33. The third kappa shape index (κ3) is 6.17. The topological polar surface area (TPSA) is 75.9 Å². The normalized spacial score (nSPS) is 11.7. The Balaban J connectivity index is 2.09. The van der Waals surface area contributed by atoms with Crippen molar-refractivity contribution in [2.75, 3.05) is 38.7 Å². The molecule has 9 heteroatoms. The smallest absolute Gasteiger partial charge is 0.414 e. The number of carbonyl (C=O) groups excluding carboxylic acids is 2. The molecule has 210 valence electrons. The minimum Gasteiger partial charge on any atom is -0.449 e. The van der Waals surface area contributed by atoms with Crippen molar-refractivity contribution in [1.29, 1.82) is 0 Å². The Labute approximate surface area is 244 Å². The molecule has 2 aromatic carbocycles. The van der Waals surface area contributed by atoms with Gasteiger partial charge in [0, 0.05) is 39.7 Å². The van der Waals surface area contributed by atoms with Crippen LogP contribution in [0, 0.1) is 5.41 Å². The van der Waals surface area contributed by atoms with Crippen molar-refractivity contribution in [3.8, 4) is 22.4 Å². The number of furan rings is 1. The lowest BCUT2D eigenvalue weighted by molar-refractivity contribution is 0.0831. The minimum atomic E-state index is -0.783. The summed E-state index contributed by atoms with van der Waals surface area (Å²) in [6.45, 7) is 8.15. The van der Waals surface area contributed by atoms with Gasteiger partial charge < -0.3 is 14.1 Å². The lowest BCUT2D eigenvalue weighted by Gasteiger charge is -2.25. The van der Waals surface area contributed by atoms with Crippen LogP contribution in [-0.2, 0) is 4.74 Å². The predicted molar refractivity (Wildman–Crippen MR) is 162 cm³/mol. The zero-order chi connectivity index (χ0) is 29.2. The number of aromatic nitrogens is 1. The Hall–Kier alpha value is -3.39. The molecule has 0 aliphatic carbocycles. The number of pyridine rings is 1. The first-order chi connectivity index (χ1) is 18.9. The fraction of sp³-hybridized carbons (Fsp3) is 0.323. The number of carbonyl (C=O) groups is 2. The lowest BCUT2D eigenvalue weighted by Crippen LogP contribution is -2.38. The molecule has 0 atom stereocenters. The highest BCUT2D eigenvalue weighted by Crippen LogP contribution is 2.43. The van der Waals surface area contributed by atoms with Crippen molar-refractivity contribution in [3.05, 3.63) is 70.4 Å². The molecule has 2 aromatic heterocycles. The van der Waals surface area contributed by atoms with Gasteiger partial charge in [-0.3, -0.25) is 9.69 Å². The van der Waals surface area contributed by atoms with E-state index < -0.39 is 11.5 Å². The van der Waals surface area contributed by atoms with Crippen LogP contribution in [0.2, 0.25) is 10.0 Å². The Morgan fingerprint density at radius 1 is 0.975 bits per heavy atom. The van der Waals surface area contributed by atoms with Gasteiger partial charge in [-0.25, -0.2) is 9.78 Å². The van der Waals surface area contributed by atoms with Crippen molar-refractivity contribution >= 4 is 51.9 Å². The third-order valence-electron chi connectivity index (χ3n) is 6.36. The van der Waals surface area contributed by atoms with Gasteiger partial charge in [-0.15, -0.1) is 0 Å². The van der Waals surface area contributed by atoms with Crippen LogP contribution in [0.4, 0.5) is 10.5 Å². The number of ketones is 1. The van der Waals surface area contributed by atoms with E-state index >= 15 is 0 Å². The number of anilines is 1. The molecule has 7 nitrogen and oxygen atoms in total. The Kier molecular flexibility index (Phi) is 8.88. The largest absolute Gasteiger partial charge is 0.449 e. The number of Topliss-reactive ketones (excluding diaryl/α,β-unsaturated/α-hetero) is 1. The number of ether oxygens (including phenoxy) is 1. The number of nitrogens with zero attached hydrogens (tertiary/aromatic N) is 3. The highest BCUT2D eigenvalue weighted by atomic mass is 35.5. The van der Waals surface area contributed by atoms with E-state index in [1.807, 2.05) is 76.2 Å². The Bertz CT molecular complexity index is 1540. The fourth-order valence-electron chi connectivity index (χ4n) is 4.28. The zero-order valence-electron chi connectivity index (χ0n) is 23.5. The van der Waals surface area contributed by atoms with Crippen LogP contribution >= 0.6 is 23.2 Å². The quantitative estimate of drug-likeness (QED) is 0.195. The van der Waals surface area contributed by atoms with Crippen LogP contribution in [0.1, 0.15) is 38.2 Å². The minimum absolute atomic E-state index is 0.0557. The molecule has 0 aliphatic rings. The van der Waals surface area contributed by atoms with Gasteiger partial charge in [-0.2, -0.15) is 0 Å². The molecular formula is C31H33Cl2N3O4. The molecule has 0 N–H and O–H groups in total. The number of hydrogen-bond donors (Lipinski definition) is 0. The Morgan fingerprint density at radius 3 is 2.25 bits per heavy atom. The number of likely N-dealkylation sites (N-methyl/N-ethyl adjacent to an activating group) is 1. The van der Waals surface area contributed by atoms with Crippen LogP contribution in [0.15, 0.2) is 59.0 Å². The van der Waals surface area contributed by atoms with Crippen LogP contribution in [0.3, 0.4) is 0 Å². The van der Waals surface area contributed by atoms with E-state index in [1.165, 1.54) is 4.90 Å². The van der Waals surface area contributed by atoms with E-state index in [-0.39, 0.29) is 30.4 Å². The summed E-state index contributed by atoms with van der Waals surface area (Å²) in [4.78, 5) is 35.4. The molecule has 0 saturated carbocycles. The van der Waals surface area contributed by atoms with Crippen molar-refractivity contribution < 1.29 is 18.7 Å². The number of fused-ring (bicyclic) bond motifs is 1. The molecule has 0 radical (unpaired) electrons. The summed E-state index contributed by atoms with van der Waals surface area (Å²) in [5.41, 5.74) is 2.62. The molecule has 0 aliphatic heterocycles. The van der Waals surface area contributed by atoms with E-state index in [4.69, 9.17) is 37.3 Å². The molecule has 0 fully saturated rings. The lowest BCUT2D eigenvalue weighted by atomic mass is 9.88. The maximum atomic E-state index is 13.7. The van der Waals surface area contributed by atoms with E-state index in [0.29, 0.717) is 38.9 Å². The second-order valence-corrected chi connectivity index (χ2v) is 11.6.